The first-order valence-corrected chi connectivity index (χ1v) is 10.1. The van der Waals surface area contributed by atoms with Crippen molar-refractivity contribution in [1.82, 2.24) is 29.5 Å². The van der Waals surface area contributed by atoms with Gasteiger partial charge in [-0.05, 0) is 37.1 Å². The SMILES string of the molecule is Cc1n[nH]cc1C1C[C@H](O)CN(c2ccnc(-c3cnc4ccc(C(F)(F)F)cn34)n2)C1. The fourth-order valence-electron chi connectivity index (χ4n) is 4.23. The molecule has 1 unspecified atom stereocenters. The van der Waals surface area contributed by atoms with Crippen molar-refractivity contribution in [2.24, 2.45) is 0 Å². The summed E-state index contributed by atoms with van der Waals surface area (Å²) in [7, 11) is 0. The Morgan fingerprint density at radius 3 is 2.75 bits per heavy atom. The highest BCUT2D eigenvalue weighted by atomic mass is 19.4. The normalized spacial score (nSPS) is 19.6. The van der Waals surface area contributed by atoms with Crippen molar-refractivity contribution in [3.05, 3.63) is 59.8 Å². The molecule has 4 aromatic heterocycles. The number of halogens is 3. The number of hydrogen-bond acceptors (Lipinski definition) is 6. The monoisotopic (exact) mass is 443 g/mol. The van der Waals surface area contributed by atoms with Crippen LogP contribution in [0, 0.1) is 6.92 Å². The van der Waals surface area contributed by atoms with E-state index in [1.807, 2.05) is 18.0 Å². The molecule has 0 radical (unpaired) electrons. The molecule has 0 saturated carbocycles. The number of H-pyrrole nitrogens is 1. The van der Waals surface area contributed by atoms with E-state index in [9.17, 15) is 18.3 Å². The second-order valence-electron chi connectivity index (χ2n) is 7.94. The smallest absolute Gasteiger partial charge is 0.391 e. The fourth-order valence-corrected chi connectivity index (χ4v) is 4.23. The lowest BCUT2D eigenvalue weighted by molar-refractivity contribution is -0.137. The maximum atomic E-state index is 13.2. The summed E-state index contributed by atoms with van der Waals surface area (Å²) in [6, 6.07) is 4.04. The molecule has 2 atom stereocenters. The van der Waals surface area contributed by atoms with E-state index >= 15 is 0 Å². The van der Waals surface area contributed by atoms with Crippen LogP contribution in [0.4, 0.5) is 19.0 Å². The van der Waals surface area contributed by atoms with Crippen molar-refractivity contribution in [2.75, 3.05) is 18.0 Å². The molecule has 0 bridgehead atoms. The Morgan fingerprint density at radius 1 is 1.16 bits per heavy atom. The minimum Gasteiger partial charge on any atom is -0.391 e. The van der Waals surface area contributed by atoms with E-state index in [0.717, 1.165) is 23.5 Å². The molecule has 5 heterocycles. The van der Waals surface area contributed by atoms with E-state index in [1.54, 1.807) is 12.3 Å². The van der Waals surface area contributed by atoms with Gasteiger partial charge in [0.15, 0.2) is 5.82 Å². The highest BCUT2D eigenvalue weighted by molar-refractivity contribution is 5.59. The Labute approximate surface area is 180 Å². The number of piperidine rings is 1. The summed E-state index contributed by atoms with van der Waals surface area (Å²) < 4.78 is 40.9. The topological polar surface area (TPSA) is 95.2 Å². The first-order chi connectivity index (χ1) is 15.3. The quantitative estimate of drug-likeness (QED) is 0.505. The number of hydrogen-bond donors (Lipinski definition) is 2. The maximum absolute atomic E-state index is 13.2. The number of nitrogens with zero attached hydrogens (tertiary/aromatic N) is 6. The molecule has 0 amide bonds. The van der Waals surface area contributed by atoms with E-state index in [2.05, 4.69) is 25.1 Å². The number of β-amino-alcohol motifs (C(OH)–C–C–N with tert-alkyl or cyclic N) is 1. The van der Waals surface area contributed by atoms with Crippen molar-refractivity contribution in [3.8, 4) is 11.5 Å². The standard InChI is InChI=1S/C21H20F3N7O/c1-12-16(7-27-29-12)13-6-15(32)11-30(9-13)19-4-5-25-20(28-19)17-8-26-18-3-2-14(10-31(17)18)21(22,23)24/h2-5,7-8,10,13,15,32H,6,9,11H2,1H3,(H,27,29)/t13?,15-/m0/s1. The summed E-state index contributed by atoms with van der Waals surface area (Å²) in [6.45, 7) is 2.94. The summed E-state index contributed by atoms with van der Waals surface area (Å²) in [5.74, 6) is 0.910. The van der Waals surface area contributed by atoms with Crippen LogP contribution in [0.3, 0.4) is 0 Å². The number of nitrogens with one attached hydrogen (secondary N) is 1. The van der Waals surface area contributed by atoms with Crippen LogP contribution in [-0.4, -0.2) is 53.9 Å². The third kappa shape index (κ3) is 3.68. The molecule has 4 aromatic rings. The van der Waals surface area contributed by atoms with Gasteiger partial charge in [0.1, 0.15) is 17.2 Å². The summed E-state index contributed by atoms with van der Waals surface area (Å²) >= 11 is 0. The number of anilines is 1. The van der Waals surface area contributed by atoms with Crippen LogP contribution in [-0.2, 0) is 6.18 Å². The zero-order chi connectivity index (χ0) is 22.5. The molecule has 5 rings (SSSR count). The first-order valence-electron chi connectivity index (χ1n) is 10.1. The minimum atomic E-state index is -4.47. The predicted octanol–water partition coefficient (Wildman–Crippen LogP) is 3.20. The van der Waals surface area contributed by atoms with Crippen molar-refractivity contribution in [2.45, 2.75) is 31.5 Å². The molecule has 1 aliphatic rings. The Hall–Kier alpha value is -3.47. The summed E-state index contributed by atoms with van der Waals surface area (Å²) in [5.41, 5.74) is 1.87. The number of aliphatic hydroxyl groups excluding tert-OH is 1. The first kappa shape index (κ1) is 20.4. The highest BCUT2D eigenvalue weighted by Crippen LogP contribution is 2.32. The van der Waals surface area contributed by atoms with Crippen molar-refractivity contribution < 1.29 is 18.3 Å². The van der Waals surface area contributed by atoms with Gasteiger partial charge in [0, 0.05) is 37.6 Å². The molecule has 11 heteroatoms. The molecule has 1 saturated heterocycles. The summed E-state index contributed by atoms with van der Waals surface area (Å²) in [5, 5.41) is 17.5. The molecule has 32 heavy (non-hydrogen) atoms. The zero-order valence-electron chi connectivity index (χ0n) is 17.1. The Kier molecular flexibility index (Phi) is 4.85. The lowest BCUT2D eigenvalue weighted by Crippen LogP contribution is -2.42. The van der Waals surface area contributed by atoms with Gasteiger partial charge in [-0.25, -0.2) is 15.0 Å². The lowest BCUT2D eigenvalue weighted by Gasteiger charge is -2.36. The van der Waals surface area contributed by atoms with E-state index in [1.165, 1.54) is 16.7 Å². The average molecular weight is 443 g/mol. The number of fused-ring (bicyclic) bond motifs is 1. The molecule has 2 N–H and O–H groups in total. The van der Waals surface area contributed by atoms with Gasteiger partial charge < -0.3 is 10.0 Å². The Bertz CT molecular complexity index is 1270. The molecule has 1 fully saturated rings. The van der Waals surface area contributed by atoms with Crippen LogP contribution in [0.25, 0.3) is 17.2 Å². The van der Waals surface area contributed by atoms with E-state index in [0.29, 0.717) is 36.7 Å². The van der Waals surface area contributed by atoms with Crippen LogP contribution in [0.2, 0.25) is 0 Å². The molecule has 166 valence electrons. The van der Waals surface area contributed by atoms with E-state index in [4.69, 9.17) is 0 Å². The lowest BCUT2D eigenvalue weighted by atomic mass is 9.89. The van der Waals surface area contributed by atoms with Gasteiger partial charge in [-0.1, -0.05) is 0 Å². The van der Waals surface area contributed by atoms with Gasteiger partial charge in [0.2, 0.25) is 0 Å². The zero-order valence-corrected chi connectivity index (χ0v) is 17.1. The molecule has 0 aliphatic carbocycles. The van der Waals surface area contributed by atoms with Crippen LogP contribution in [0.1, 0.15) is 29.2 Å². The number of aromatic nitrogens is 6. The fraction of sp³-hybridized carbons (Fsp3) is 0.333. The van der Waals surface area contributed by atoms with Gasteiger partial charge in [-0.15, -0.1) is 0 Å². The Balaban J connectivity index is 1.49. The van der Waals surface area contributed by atoms with Crippen molar-refractivity contribution in [3.63, 3.8) is 0 Å². The highest BCUT2D eigenvalue weighted by Gasteiger charge is 2.32. The van der Waals surface area contributed by atoms with Crippen LogP contribution < -0.4 is 4.90 Å². The number of aryl methyl sites for hydroxylation is 1. The number of imidazole rings is 1. The van der Waals surface area contributed by atoms with Gasteiger partial charge >= 0.3 is 6.18 Å². The second kappa shape index (κ2) is 7.59. The Morgan fingerprint density at radius 2 is 2.00 bits per heavy atom. The van der Waals surface area contributed by atoms with Crippen LogP contribution in [0.15, 0.2) is 43.0 Å². The molecule has 0 spiro atoms. The van der Waals surface area contributed by atoms with Crippen molar-refractivity contribution >= 4 is 11.5 Å². The second-order valence-corrected chi connectivity index (χ2v) is 7.94. The minimum absolute atomic E-state index is 0.0704. The van der Waals surface area contributed by atoms with Gasteiger partial charge in [-0.2, -0.15) is 18.3 Å². The molecule has 1 aliphatic heterocycles. The third-order valence-corrected chi connectivity index (χ3v) is 5.77. The third-order valence-electron chi connectivity index (χ3n) is 5.77. The average Bonchev–Trinajstić information content (AvgIpc) is 3.38. The van der Waals surface area contributed by atoms with Gasteiger partial charge in [-0.3, -0.25) is 9.50 Å². The summed E-state index contributed by atoms with van der Waals surface area (Å²) in [6.07, 6.45) is 1.45. The van der Waals surface area contributed by atoms with E-state index < -0.39 is 17.8 Å². The number of rotatable bonds is 3. The predicted molar refractivity (Wildman–Crippen MR) is 110 cm³/mol. The van der Waals surface area contributed by atoms with Gasteiger partial charge in [0.05, 0.1) is 23.6 Å². The van der Waals surface area contributed by atoms with E-state index in [-0.39, 0.29) is 11.7 Å². The van der Waals surface area contributed by atoms with Gasteiger partial charge in [0.25, 0.3) is 0 Å². The van der Waals surface area contributed by atoms with Crippen LogP contribution in [0.5, 0.6) is 0 Å². The number of alkyl halides is 3. The summed E-state index contributed by atoms with van der Waals surface area (Å²) in [4.78, 5) is 15.0. The van der Waals surface area contributed by atoms with Crippen LogP contribution >= 0.6 is 0 Å². The maximum Gasteiger partial charge on any atom is 0.417 e. The van der Waals surface area contributed by atoms with Crippen molar-refractivity contribution in [1.29, 1.82) is 0 Å². The molecule has 8 nitrogen and oxygen atoms in total. The molecular formula is C21H20F3N7O. The number of aromatic amines is 1. The largest absolute Gasteiger partial charge is 0.417 e. The number of aliphatic hydroxyl groups is 1. The molecule has 0 aromatic carbocycles. The molecular weight excluding hydrogens is 423 g/mol. The number of pyridine rings is 1.